The van der Waals surface area contributed by atoms with E-state index in [1.807, 2.05) is 6.07 Å². The molecule has 0 unspecified atom stereocenters. The van der Waals surface area contributed by atoms with Crippen molar-refractivity contribution < 1.29 is 13.2 Å². The molecule has 3 rings (SSSR count). The molecule has 2 N–H and O–H groups in total. The minimum Gasteiger partial charge on any atom is -0.362 e. The lowest BCUT2D eigenvalue weighted by atomic mass is 10.1. The fourth-order valence-electron chi connectivity index (χ4n) is 2.17. The van der Waals surface area contributed by atoms with Crippen molar-refractivity contribution in [1.82, 2.24) is 9.97 Å². The largest absolute Gasteiger partial charge is 0.362 e. The molecular formula is C19H16N4O3S. The first-order valence-corrected chi connectivity index (χ1v) is 9.45. The predicted octanol–water partition coefficient (Wildman–Crippen LogP) is 3.09. The second-order valence-corrected chi connectivity index (χ2v) is 7.09. The Labute approximate surface area is 156 Å². The first kappa shape index (κ1) is 18.3. The van der Waals surface area contributed by atoms with Crippen LogP contribution in [0.25, 0.3) is 0 Å². The molecule has 0 aliphatic rings. The van der Waals surface area contributed by atoms with Gasteiger partial charge in [0.1, 0.15) is 0 Å². The summed E-state index contributed by atoms with van der Waals surface area (Å²) in [5, 5.41) is 2.93. The lowest BCUT2D eigenvalue weighted by Gasteiger charge is -2.07. The van der Waals surface area contributed by atoms with Crippen LogP contribution in [0.5, 0.6) is 0 Å². The van der Waals surface area contributed by atoms with Gasteiger partial charge in [-0.15, -0.1) is 0 Å². The highest BCUT2D eigenvalue weighted by Crippen LogP contribution is 2.16. The summed E-state index contributed by atoms with van der Waals surface area (Å²) in [6.07, 6.45) is 5.81. The van der Waals surface area contributed by atoms with Crippen LogP contribution in [-0.4, -0.2) is 24.2 Å². The van der Waals surface area contributed by atoms with Crippen LogP contribution in [0.2, 0.25) is 0 Å². The lowest BCUT2D eigenvalue weighted by Crippen LogP contribution is -2.14. The number of carbonyl (C=O) groups is 1. The smallest absolute Gasteiger partial charge is 0.264 e. The van der Waals surface area contributed by atoms with Crippen molar-refractivity contribution in [2.45, 2.75) is 4.90 Å². The predicted molar refractivity (Wildman–Crippen MR) is 103 cm³/mol. The molecule has 0 atom stereocenters. The van der Waals surface area contributed by atoms with Crippen molar-refractivity contribution in [1.29, 1.82) is 0 Å². The Morgan fingerprint density at radius 2 is 1.56 bits per heavy atom. The summed E-state index contributed by atoms with van der Waals surface area (Å²) in [5.41, 5.74) is 1.23. The molecular weight excluding hydrogens is 364 g/mol. The number of aromatic nitrogens is 2. The fraction of sp³-hybridized carbons (Fsp3) is 0. The summed E-state index contributed by atoms with van der Waals surface area (Å²) >= 11 is 0. The maximum absolute atomic E-state index is 12.3. The molecule has 8 heteroatoms. The molecule has 0 radical (unpaired) electrons. The highest BCUT2D eigenvalue weighted by molar-refractivity contribution is 7.92. The number of allylic oxidation sites excluding steroid dienone is 1. The molecule has 0 bridgehead atoms. The van der Waals surface area contributed by atoms with Gasteiger partial charge in [0.25, 0.3) is 10.0 Å². The van der Waals surface area contributed by atoms with Crippen LogP contribution in [0.4, 0.5) is 11.6 Å². The normalized spacial score (nSPS) is 11.3. The van der Waals surface area contributed by atoms with Gasteiger partial charge in [0.15, 0.2) is 5.78 Å². The van der Waals surface area contributed by atoms with Crippen LogP contribution in [0.15, 0.2) is 90.2 Å². The molecule has 0 aliphatic heterocycles. The van der Waals surface area contributed by atoms with E-state index in [-0.39, 0.29) is 16.6 Å². The SMILES string of the molecule is O=C(C=CNc1ccc(S(=O)(=O)Nc2ncccn2)cc1)c1ccccc1. The topological polar surface area (TPSA) is 101 Å². The van der Waals surface area contributed by atoms with Gasteiger partial charge in [0.2, 0.25) is 5.95 Å². The van der Waals surface area contributed by atoms with Crippen molar-refractivity contribution in [3.8, 4) is 0 Å². The molecule has 0 aliphatic carbocycles. The van der Waals surface area contributed by atoms with Crippen LogP contribution < -0.4 is 10.0 Å². The monoisotopic (exact) mass is 380 g/mol. The van der Waals surface area contributed by atoms with Gasteiger partial charge in [-0.3, -0.25) is 4.79 Å². The van der Waals surface area contributed by atoms with Gasteiger partial charge in [-0.1, -0.05) is 30.3 Å². The standard InChI is InChI=1S/C19H16N4O3S/c24-18(15-5-2-1-3-6-15)11-14-20-16-7-9-17(10-8-16)27(25,26)23-19-21-12-4-13-22-19/h1-14,20H,(H,21,22,23). The number of hydrogen-bond acceptors (Lipinski definition) is 6. The zero-order valence-corrected chi connectivity index (χ0v) is 14.9. The molecule has 0 spiro atoms. The summed E-state index contributed by atoms with van der Waals surface area (Å²) < 4.78 is 26.9. The zero-order valence-electron chi connectivity index (χ0n) is 14.1. The number of benzene rings is 2. The van der Waals surface area contributed by atoms with E-state index in [0.29, 0.717) is 11.3 Å². The van der Waals surface area contributed by atoms with E-state index < -0.39 is 10.0 Å². The van der Waals surface area contributed by atoms with Crippen LogP contribution in [0.1, 0.15) is 10.4 Å². The van der Waals surface area contributed by atoms with Gasteiger partial charge in [0, 0.05) is 35.9 Å². The van der Waals surface area contributed by atoms with E-state index in [2.05, 4.69) is 20.0 Å². The molecule has 136 valence electrons. The average molecular weight is 380 g/mol. The number of sulfonamides is 1. The Kier molecular flexibility index (Phi) is 5.58. The number of nitrogens with zero attached hydrogens (tertiary/aromatic N) is 2. The number of nitrogens with one attached hydrogen (secondary N) is 2. The van der Waals surface area contributed by atoms with Crippen molar-refractivity contribution in [2.24, 2.45) is 0 Å². The second kappa shape index (κ2) is 8.24. The summed E-state index contributed by atoms with van der Waals surface area (Å²) in [6.45, 7) is 0. The molecule has 0 fully saturated rings. The third-order valence-electron chi connectivity index (χ3n) is 3.50. The van der Waals surface area contributed by atoms with E-state index in [0.717, 1.165) is 0 Å². The molecule has 0 saturated heterocycles. The Morgan fingerprint density at radius 1 is 0.889 bits per heavy atom. The summed E-state index contributed by atoms with van der Waals surface area (Å²) in [5.74, 6) is -0.128. The Balaban J connectivity index is 1.63. The Morgan fingerprint density at radius 3 is 2.22 bits per heavy atom. The Hall–Kier alpha value is -3.52. The van der Waals surface area contributed by atoms with Gasteiger partial charge in [-0.05, 0) is 30.3 Å². The third kappa shape index (κ3) is 4.99. The van der Waals surface area contributed by atoms with Crippen molar-refractivity contribution >= 4 is 27.4 Å². The van der Waals surface area contributed by atoms with Crippen LogP contribution in [-0.2, 0) is 10.0 Å². The van der Waals surface area contributed by atoms with E-state index >= 15 is 0 Å². The van der Waals surface area contributed by atoms with Crippen LogP contribution in [0, 0.1) is 0 Å². The summed E-state index contributed by atoms with van der Waals surface area (Å²) in [7, 11) is -3.77. The van der Waals surface area contributed by atoms with E-state index in [9.17, 15) is 13.2 Å². The minimum absolute atomic E-state index is 0.00191. The first-order chi connectivity index (χ1) is 13.0. The number of hydrogen-bond donors (Lipinski definition) is 2. The highest BCUT2D eigenvalue weighted by Gasteiger charge is 2.15. The maximum Gasteiger partial charge on any atom is 0.264 e. The van der Waals surface area contributed by atoms with Gasteiger partial charge in [-0.25, -0.2) is 23.1 Å². The molecule has 0 amide bonds. The van der Waals surface area contributed by atoms with Crippen molar-refractivity contribution in [3.63, 3.8) is 0 Å². The van der Waals surface area contributed by atoms with Gasteiger partial charge in [0.05, 0.1) is 4.90 Å². The fourth-order valence-corrected chi connectivity index (χ4v) is 3.13. The number of ketones is 1. The average Bonchev–Trinajstić information content (AvgIpc) is 2.69. The van der Waals surface area contributed by atoms with E-state index in [1.54, 1.807) is 42.5 Å². The minimum atomic E-state index is -3.77. The molecule has 3 aromatic rings. The summed E-state index contributed by atoms with van der Waals surface area (Å²) in [6, 6.07) is 16.6. The highest BCUT2D eigenvalue weighted by atomic mass is 32.2. The zero-order chi connectivity index (χ0) is 19.1. The molecule has 1 aromatic heterocycles. The number of rotatable bonds is 7. The molecule has 1 heterocycles. The quantitative estimate of drug-likeness (QED) is 0.482. The van der Waals surface area contributed by atoms with Gasteiger partial charge >= 0.3 is 0 Å². The van der Waals surface area contributed by atoms with Crippen LogP contribution in [0.3, 0.4) is 0 Å². The second-order valence-electron chi connectivity index (χ2n) is 5.41. The van der Waals surface area contributed by atoms with E-state index in [1.165, 1.54) is 36.8 Å². The summed E-state index contributed by atoms with van der Waals surface area (Å²) in [4.78, 5) is 19.7. The van der Waals surface area contributed by atoms with Gasteiger partial charge in [-0.2, -0.15) is 0 Å². The number of anilines is 2. The third-order valence-corrected chi connectivity index (χ3v) is 4.84. The lowest BCUT2D eigenvalue weighted by molar-refractivity contribution is 0.104. The van der Waals surface area contributed by atoms with Crippen molar-refractivity contribution in [2.75, 3.05) is 10.0 Å². The Bertz CT molecular complexity index is 1040. The molecule has 2 aromatic carbocycles. The molecule has 7 nitrogen and oxygen atoms in total. The molecule has 27 heavy (non-hydrogen) atoms. The van der Waals surface area contributed by atoms with Gasteiger partial charge < -0.3 is 5.32 Å². The van der Waals surface area contributed by atoms with Crippen LogP contribution >= 0.6 is 0 Å². The molecule has 0 saturated carbocycles. The maximum atomic E-state index is 12.3. The number of carbonyl (C=O) groups excluding carboxylic acids is 1. The first-order valence-electron chi connectivity index (χ1n) is 7.97. The van der Waals surface area contributed by atoms with Crippen molar-refractivity contribution in [3.05, 3.63) is 90.9 Å². The van der Waals surface area contributed by atoms with E-state index in [4.69, 9.17) is 0 Å².